The fourth-order valence-corrected chi connectivity index (χ4v) is 3.20. The van der Waals surface area contributed by atoms with E-state index in [9.17, 15) is 4.79 Å². The first-order chi connectivity index (χ1) is 10.7. The van der Waals surface area contributed by atoms with E-state index in [1.165, 1.54) is 25.7 Å². The van der Waals surface area contributed by atoms with Crippen molar-refractivity contribution in [2.75, 3.05) is 0 Å². The molecule has 2 aromatic rings. The number of hydrogen-bond acceptors (Lipinski definition) is 2. The van der Waals surface area contributed by atoms with E-state index < -0.39 is 0 Å². The molecule has 0 saturated heterocycles. The molecule has 1 aliphatic carbocycles. The van der Waals surface area contributed by atoms with Crippen LogP contribution in [0.25, 0.3) is 11.7 Å². The summed E-state index contributed by atoms with van der Waals surface area (Å²) in [6.45, 7) is 0. The van der Waals surface area contributed by atoms with Crippen LogP contribution in [0.5, 0.6) is 0 Å². The largest absolute Gasteiger partial charge is 0.350 e. The third-order valence-corrected chi connectivity index (χ3v) is 4.39. The second kappa shape index (κ2) is 6.97. The minimum absolute atomic E-state index is 0.0613. The molecular formula is C17H20ClN3O. The van der Waals surface area contributed by atoms with Crippen LogP contribution in [0.3, 0.4) is 0 Å². The summed E-state index contributed by atoms with van der Waals surface area (Å²) in [6, 6.07) is 6.01. The van der Waals surface area contributed by atoms with Crippen molar-refractivity contribution in [1.29, 1.82) is 0 Å². The summed E-state index contributed by atoms with van der Waals surface area (Å²) in [5, 5.41) is 3.50. The average molecular weight is 318 g/mol. The second-order valence-electron chi connectivity index (χ2n) is 5.75. The predicted molar refractivity (Wildman–Crippen MR) is 88.9 cm³/mol. The van der Waals surface area contributed by atoms with Gasteiger partial charge >= 0.3 is 0 Å². The molecule has 0 bridgehead atoms. The van der Waals surface area contributed by atoms with Gasteiger partial charge in [-0.05, 0) is 31.1 Å². The molecule has 0 unspecified atom stereocenters. The van der Waals surface area contributed by atoms with Gasteiger partial charge in [-0.15, -0.1) is 0 Å². The van der Waals surface area contributed by atoms with Crippen LogP contribution in [0.15, 0.2) is 30.5 Å². The van der Waals surface area contributed by atoms with Gasteiger partial charge in [-0.25, -0.2) is 4.98 Å². The van der Waals surface area contributed by atoms with Gasteiger partial charge in [-0.2, -0.15) is 0 Å². The van der Waals surface area contributed by atoms with Gasteiger partial charge in [0.1, 0.15) is 5.65 Å². The first-order valence-corrected chi connectivity index (χ1v) is 8.23. The van der Waals surface area contributed by atoms with Crippen molar-refractivity contribution in [3.63, 3.8) is 0 Å². The maximum atomic E-state index is 12.1. The fourth-order valence-electron chi connectivity index (χ4n) is 2.96. The molecule has 1 N–H and O–H groups in total. The number of pyridine rings is 1. The summed E-state index contributed by atoms with van der Waals surface area (Å²) in [7, 11) is 0. The lowest BCUT2D eigenvalue weighted by Gasteiger charge is -2.14. The van der Waals surface area contributed by atoms with E-state index in [4.69, 9.17) is 11.6 Å². The van der Waals surface area contributed by atoms with Gasteiger partial charge in [-0.1, -0.05) is 43.4 Å². The third kappa shape index (κ3) is 3.50. The van der Waals surface area contributed by atoms with E-state index in [1.807, 2.05) is 28.8 Å². The zero-order valence-corrected chi connectivity index (χ0v) is 13.2. The lowest BCUT2D eigenvalue weighted by molar-refractivity contribution is -0.117. The van der Waals surface area contributed by atoms with Crippen molar-refractivity contribution < 1.29 is 4.79 Å². The van der Waals surface area contributed by atoms with E-state index in [2.05, 4.69) is 10.3 Å². The number of nitrogens with one attached hydrogen (secondary N) is 1. The number of halogens is 1. The van der Waals surface area contributed by atoms with Crippen molar-refractivity contribution in [1.82, 2.24) is 14.7 Å². The van der Waals surface area contributed by atoms with Crippen LogP contribution in [0, 0.1) is 0 Å². The standard InChI is InChI=1S/C17H20ClN3O/c18-17-14(21-12-6-5-9-15(21)20-17)10-11-16(22)19-13-7-3-1-2-4-8-13/h5-6,9-13H,1-4,7-8H2,(H,19,22)/b11-10+. The van der Waals surface area contributed by atoms with Crippen LogP contribution >= 0.6 is 11.6 Å². The number of rotatable bonds is 3. The van der Waals surface area contributed by atoms with E-state index >= 15 is 0 Å². The molecule has 3 rings (SSSR count). The van der Waals surface area contributed by atoms with E-state index in [-0.39, 0.29) is 5.91 Å². The monoisotopic (exact) mass is 317 g/mol. The highest BCUT2D eigenvalue weighted by molar-refractivity contribution is 6.31. The minimum Gasteiger partial charge on any atom is -0.350 e. The topological polar surface area (TPSA) is 46.4 Å². The summed E-state index contributed by atoms with van der Waals surface area (Å²) in [4.78, 5) is 16.4. The average Bonchev–Trinajstić information content (AvgIpc) is 2.67. The number of imidazole rings is 1. The summed E-state index contributed by atoms with van der Waals surface area (Å²) in [5.74, 6) is -0.0613. The SMILES string of the molecule is O=C(/C=C/c1c(Cl)nc2ccccn12)NC1CCCCCC1. The zero-order valence-electron chi connectivity index (χ0n) is 12.5. The Bertz CT molecular complexity index is 684. The molecule has 2 aromatic heterocycles. The molecule has 0 atom stereocenters. The Morgan fingerprint density at radius 1 is 1.27 bits per heavy atom. The van der Waals surface area contributed by atoms with Crippen molar-refractivity contribution in [3.8, 4) is 0 Å². The Hall–Kier alpha value is -1.81. The van der Waals surface area contributed by atoms with Crippen LogP contribution < -0.4 is 5.32 Å². The Kier molecular flexibility index (Phi) is 4.78. The number of aromatic nitrogens is 2. The van der Waals surface area contributed by atoms with Gasteiger partial charge in [0.15, 0.2) is 5.15 Å². The molecule has 22 heavy (non-hydrogen) atoms. The van der Waals surface area contributed by atoms with E-state index in [0.717, 1.165) is 24.2 Å². The molecule has 5 heteroatoms. The highest BCUT2D eigenvalue weighted by atomic mass is 35.5. The number of hydrogen-bond donors (Lipinski definition) is 1. The molecule has 1 aliphatic rings. The molecule has 116 valence electrons. The van der Waals surface area contributed by atoms with Gasteiger partial charge in [-0.3, -0.25) is 9.20 Å². The molecule has 1 fully saturated rings. The van der Waals surface area contributed by atoms with Gasteiger partial charge < -0.3 is 5.32 Å². The minimum atomic E-state index is -0.0613. The first-order valence-electron chi connectivity index (χ1n) is 7.85. The van der Waals surface area contributed by atoms with Gasteiger partial charge in [0.05, 0.1) is 5.69 Å². The molecule has 4 nitrogen and oxygen atoms in total. The summed E-state index contributed by atoms with van der Waals surface area (Å²) in [5.41, 5.74) is 1.50. The van der Waals surface area contributed by atoms with Crippen LogP contribution in [0.4, 0.5) is 0 Å². The Morgan fingerprint density at radius 2 is 2.05 bits per heavy atom. The lowest BCUT2D eigenvalue weighted by Crippen LogP contribution is -2.33. The predicted octanol–water partition coefficient (Wildman–Crippen LogP) is 3.84. The quantitative estimate of drug-likeness (QED) is 0.690. The maximum Gasteiger partial charge on any atom is 0.244 e. The first kappa shape index (κ1) is 15.1. The van der Waals surface area contributed by atoms with E-state index in [1.54, 1.807) is 12.2 Å². The normalized spacial score (nSPS) is 17.0. The molecule has 0 radical (unpaired) electrons. The van der Waals surface area contributed by atoms with Crippen molar-refractivity contribution in [3.05, 3.63) is 41.3 Å². The summed E-state index contributed by atoms with van der Waals surface area (Å²) >= 11 is 6.15. The van der Waals surface area contributed by atoms with Crippen molar-refractivity contribution >= 4 is 29.2 Å². The Balaban J connectivity index is 1.69. The second-order valence-corrected chi connectivity index (χ2v) is 6.11. The Morgan fingerprint density at radius 3 is 2.82 bits per heavy atom. The van der Waals surface area contributed by atoms with E-state index in [0.29, 0.717) is 11.2 Å². The highest BCUT2D eigenvalue weighted by Gasteiger charge is 2.13. The molecular weight excluding hydrogens is 298 g/mol. The number of carbonyl (C=O) groups is 1. The third-order valence-electron chi connectivity index (χ3n) is 4.12. The summed E-state index contributed by atoms with van der Waals surface area (Å²) in [6.07, 6.45) is 12.3. The van der Waals surface area contributed by atoms with Crippen LogP contribution in [-0.2, 0) is 4.79 Å². The molecule has 1 saturated carbocycles. The van der Waals surface area contributed by atoms with Gasteiger partial charge in [0.2, 0.25) is 5.91 Å². The van der Waals surface area contributed by atoms with Crippen LogP contribution in [0.1, 0.15) is 44.2 Å². The maximum absolute atomic E-state index is 12.1. The number of amides is 1. The molecule has 0 spiro atoms. The molecule has 2 heterocycles. The molecule has 0 aliphatic heterocycles. The highest BCUT2D eigenvalue weighted by Crippen LogP contribution is 2.19. The lowest BCUT2D eigenvalue weighted by atomic mass is 10.1. The summed E-state index contributed by atoms with van der Waals surface area (Å²) < 4.78 is 1.87. The van der Waals surface area contributed by atoms with Gasteiger partial charge in [0.25, 0.3) is 0 Å². The molecule has 0 aromatic carbocycles. The van der Waals surface area contributed by atoms with Crippen LogP contribution in [-0.4, -0.2) is 21.3 Å². The van der Waals surface area contributed by atoms with Gasteiger partial charge in [0, 0.05) is 18.3 Å². The van der Waals surface area contributed by atoms with Crippen molar-refractivity contribution in [2.45, 2.75) is 44.6 Å². The van der Waals surface area contributed by atoms with Crippen molar-refractivity contribution in [2.24, 2.45) is 0 Å². The Labute approximate surface area is 135 Å². The molecule has 1 amide bonds. The van der Waals surface area contributed by atoms with Crippen LogP contribution in [0.2, 0.25) is 5.15 Å². The number of carbonyl (C=O) groups excluding carboxylic acids is 1. The number of nitrogens with zero attached hydrogens (tertiary/aromatic N) is 2. The zero-order chi connectivity index (χ0) is 15.4. The smallest absolute Gasteiger partial charge is 0.244 e. The fraction of sp³-hybridized carbons (Fsp3) is 0.412. The number of fused-ring (bicyclic) bond motifs is 1.